The summed E-state index contributed by atoms with van der Waals surface area (Å²) in [5.74, 6) is 2.54. The Kier molecular flexibility index (Phi) is 6.76. The molecule has 1 nitrogen and oxygen atoms in total. The Morgan fingerprint density at radius 2 is 2.00 bits per heavy atom. The fourth-order valence-corrected chi connectivity index (χ4v) is 4.01. The summed E-state index contributed by atoms with van der Waals surface area (Å²) in [5, 5.41) is 3.67. The zero-order valence-electron chi connectivity index (χ0n) is 14.2. The van der Waals surface area contributed by atoms with E-state index in [1.165, 1.54) is 50.6 Å². The Balaban J connectivity index is 2.08. The molecule has 0 aromatic heterocycles. The molecule has 21 heavy (non-hydrogen) atoms. The molecule has 1 aliphatic rings. The second-order valence-electron chi connectivity index (χ2n) is 6.95. The van der Waals surface area contributed by atoms with Gasteiger partial charge in [-0.1, -0.05) is 62.9 Å². The van der Waals surface area contributed by atoms with Crippen LogP contribution in [0.15, 0.2) is 24.3 Å². The van der Waals surface area contributed by atoms with Gasteiger partial charge in [0, 0.05) is 0 Å². The standard InChI is InChI=1S/C20H33N/c1-4-7-17-10-11-19(15-21-12-5-2)20(14-17)18-9-6-8-16(3)13-18/h6,8-9,13,17,19-21H,4-5,7,10-12,14-15H2,1-3H3. The lowest BCUT2D eigenvalue weighted by molar-refractivity contribution is 0.220. The molecule has 118 valence electrons. The number of hydrogen-bond acceptors (Lipinski definition) is 1. The first kappa shape index (κ1) is 16.5. The van der Waals surface area contributed by atoms with E-state index in [4.69, 9.17) is 0 Å². The predicted octanol–water partition coefficient (Wildman–Crippen LogP) is 5.29. The quantitative estimate of drug-likeness (QED) is 0.671. The lowest BCUT2D eigenvalue weighted by atomic mass is 9.70. The van der Waals surface area contributed by atoms with Gasteiger partial charge in [-0.2, -0.15) is 0 Å². The Bertz CT molecular complexity index is 412. The van der Waals surface area contributed by atoms with Gasteiger partial charge >= 0.3 is 0 Å². The van der Waals surface area contributed by atoms with Gasteiger partial charge in [0.05, 0.1) is 0 Å². The first-order chi connectivity index (χ1) is 10.2. The molecule has 0 aliphatic heterocycles. The zero-order chi connectivity index (χ0) is 15.1. The Hall–Kier alpha value is -0.820. The smallest absolute Gasteiger partial charge is 0.00147 e. The molecule has 1 fully saturated rings. The van der Waals surface area contributed by atoms with E-state index in [0.29, 0.717) is 0 Å². The van der Waals surface area contributed by atoms with E-state index in [1.807, 2.05) is 0 Å². The molecule has 1 N–H and O–H groups in total. The van der Waals surface area contributed by atoms with Gasteiger partial charge in [0.15, 0.2) is 0 Å². The molecule has 0 amide bonds. The summed E-state index contributed by atoms with van der Waals surface area (Å²) in [4.78, 5) is 0. The van der Waals surface area contributed by atoms with E-state index < -0.39 is 0 Å². The van der Waals surface area contributed by atoms with Gasteiger partial charge in [-0.05, 0) is 62.6 Å². The topological polar surface area (TPSA) is 12.0 Å². The minimum atomic E-state index is 0.763. The van der Waals surface area contributed by atoms with Gasteiger partial charge in [-0.25, -0.2) is 0 Å². The summed E-state index contributed by atoms with van der Waals surface area (Å²) < 4.78 is 0. The Morgan fingerprint density at radius 3 is 2.71 bits per heavy atom. The van der Waals surface area contributed by atoms with Crippen molar-refractivity contribution in [2.45, 2.75) is 65.2 Å². The fourth-order valence-electron chi connectivity index (χ4n) is 4.01. The number of aryl methyl sites for hydroxylation is 1. The maximum Gasteiger partial charge on any atom is -0.00147 e. The highest BCUT2D eigenvalue weighted by atomic mass is 14.9. The number of rotatable bonds is 7. The van der Waals surface area contributed by atoms with E-state index in [9.17, 15) is 0 Å². The number of benzene rings is 1. The van der Waals surface area contributed by atoms with E-state index in [1.54, 1.807) is 5.56 Å². The average molecular weight is 287 g/mol. The van der Waals surface area contributed by atoms with Crippen molar-refractivity contribution < 1.29 is 0 Å². The molecule has 0 bridgehead atoms. The van der Waals surface area contributed by atoms with Crippen LogP contribution in [0.4, 0.5) is 0 Å². The Morgan fingerprint density at radius 1 is 1.14 bits per heavy atom. The lowest BCUT2D eigenvalue weighted by Gasteiger charge is -2.37. The van der Waals surface area contributed by atoms with Gasteiger partial charge in [0.25, 0.3) is 0 Å². The van der Waals surface area contributed by atoms with E-state index >= 15 is 0 Å². The summed E-state index contributed by atoms with van der Waals surface area (Å²) >= 11 is 0. The maximum absolute atomic E-state index is 3.67. The SMILES string of the molecule is CCCNCC1CCC(CCC)CC1c1cccc(C)c1. The summed E-state index contributed by atoms with van der Waals surface area (Å²) in [5.41, 5.74) is 2.99. The third-order valence-corrected chi connectivity index (χ3v) is 5.10. The van der Waals surface area contributed by atoms with Crippen molar-refractivity contribution in [2.75, 3.05) is 13.1 Å². The van der Waals surface area contributed by atoms with E-state index in [-0.39, 0.29) is 0 Å². The molecule has 1 saturated carbocycles. The van der Waals surface area contributed by atoms with E-state index in [0.717, 1.165) is 24.3 Å². The van der Waals surface area contributed by atoms with E-state index in [2.05, 4.69) is 50.4 Å². The van der Waals surface area contributed by atoms with Crippen LogP contribution in [0.2, 0.25) is 0 Å². The van der Waals surface area contributed by atoms with Crippen LogP contribution in [0.25, 0.3) is 0 Å². The molecular formula is C20H33N. The van der Waals surface area contributed by atoms with Crippen molar-refractivity contribution in [1.82, 2.24) is 5.32 Å². The van der Waals surface area contributed by atoms with Crippen molar-refractivity contribution in [3.63, 3.8) is 0 Å². The molecule has 3 atom stereocenters. The van der Waals surface area contributed by atoms with Gasteiger partial charge in [-0.15, -0.1) is 0 Å². The van der Waals surface area contributed by atoms with Crippen LogP contribution < -0.4 is 5.32 Å². The molecule has 1 aromatic rings. The second kappa shape index (κ2) is 8.58. The van der Waals surface area contributed by atoms with Crippen molar-refractivity contribution in [1.29, 1.82) is 0 Å². The molecule has 0 heterocycles. The zero-order valence-corrected chi connectivity index (χ0v) is 14.2. The summed E-state index contributed by atoms with van der Waals surface area (Å²) in [6, 6.07) is 9.25. The van der Waals surface area contributed by atoms with Crippen LogP contribution >= 0.6 is 0 Å². The minimum absolute atomic E-state index is 0.763. The normalized spacial score (nSPS) is 26.0. The largest absolute Gasteiger partial charge is 0.316 e. The van der Waals surface area contributed by atoms with Crippen molar-refractivity contribution >= 4 is 0 Å². The number of hydrogen-bond donors (Lipinski definition) is 1. The minimum Gasteiger partial charge on any atom is -0.316 e. The first-order valence-electron chi connectivity index (χ1n) is 9.01. The predicted molar refractivity (Wildman–Crippen MR) is 92.8 cm³/mol. The van der Waals surface area contributed by atoms with Gasteiger partial charge < -0.3 is 5.32 Å². The summed E-state index contributed by atoms with van der Waals surface area (Å²) in [7, 11) is 0. The van der Waals surface area contributed by atoms with Crippen molar-refractivity contribution in [3.8, 4) is 0 Å². The fraction of sp³-hybridized carbons (Fsp3) is 0.700. The average Bonchev–Trinajstić information content (AvgIpc) is 2.49. The van der Waals surface area contributed by atoms with Gasteiger partial charge in [0.2, 0.25) is 0 Å². The molecule has 0 spiro atoms. The molecule has 1 aliphatic carbocycles. The third kappa shape index (κ3) is 4.85. The monoisotopic (exact) mass is 287 g/mol. The first-order valence-corrected chi connectivity index (χ1v) is 9.01. The maximum atomic E-state index is 3.67. The molecule has 0 radical (unpaired) electrons. The van der Waals surface area contributed by atoms with Crippen LogP contribution in [0.3, 0.4) is 0 Å². The molecular weight excluding hydrogens is 254 g/mol. The van der Waals surface area contributed by atoms with Crippen LogP contribution in [0.1, 0.15) is 69.4 Å². The lowest BCUT2D eigenvalue weighted by Crippen LogP contribution is -2.32. The van der Waals surface area contributed by atoms with Crippen molar-refractivity contribution in [2.24, 2.45) is 11.8 Å². The van der Waals surface area contributed by atoms with Gasteiger partial charge in [-0.3, -0.25) is 0 Å². The highest BCUT2D eigenvalue weighted by Gasteiger charge is 2.30. The molecule has 2 rings (SSSR count). The third-order valence-electron chi connectivity index (χ3n) is 5.10. The van der Waals surface area contributed by atoms with Gasteiger partial charge in [0.1, 0.15) is 0 Å². The number of nitrogens with one attached hydrogen (secondary N) is 1. The summed E-state index contributed by atoms with van der Waals surface area (Å²) in [6.07, 6.45) is 8.23. The molecule has 1 heteroatoms. The van der Waals surface area contributed by atoms with Crippen molar-refractivity contribution in [3.05, 3.63) is 35.4 Å². The Labute approximate surface area is 131 Å². The van der Waals surface area contributed by atoms with Crippen LogP contribution in [-0.4, -0.2) is 13.1 Å². The van der Waals surface area contributed by atoms with Crippen LogP contribution in [0, 0.1) is 18.8 Å². The molecule has 3 unspecified atom stereocenters. The second-order valence-corrected chi connectivity index (χ2v) is 6.95. The highest BCUT2D eigenvalue weighted by Crippen LogP contribution is 2.42. The highest BCUT2D eigenvalue weighted by molar-refractivity contribution is 5.26. The summed E-state index contributed by atoms with van der Waals surface area (Å²) in [6.45, 7) is 9.17. The van der Waals surface area contributed by atoms with Crippen LogP contribution in [-0.2, 0) is 0 Å². The van der Waals surface area contributed by atoms with Crippen LogP contribution in [0.5, 0.6) is 0 Å². The molecule has 1 aromatic carbocycles. The molecule has 0 saturated heterocycles.